The van der Waals surface area contributed by atoms with Gasteiger partial charge in [0.05, 0.1) is 12.2 Å². The Kier molecular flexibility index (Phi) is 8.07. The smallest absolute Gasteiger partial charge is 0.251 e. The maximum absolute atomic E-state index is 12.5. The third-order valence-corrected chi connectivity index (χ3v) is 3.88. The van der Waals surface area contributed by atoms with Crippen LogP contribution in [0.25, 0.3) is 0 Å². The molecule has 0 aromatic heterocycles. The number of ether oxygens (including phenoxy) is 2. The topological polar surface area (TPSA) is 76.7 Å². The minimum Gasteiger partial charge on any atom is -0.491 e. The second-order valence-corrected chi connectivity index (χ2v) is 7.47. The minimum atomic E-state index is -0.240. The van der Waals surface area contributed by atoms with Gasteiger partial charge in [0.25, 0.3) is 11.8 Å². The zero-order chi connectivity index (χ0) is 21.4. The van der Waals surface area contributed by atoms with Crippen molar-refractivity contribution in [2.24, 2.45) is 0 Å². The molecule has 0 fully saturated rings. The van der Waals surface area contributed by atoms with E-state index in [0.717, 1.165) is 0 Å². The van der Waals surface area contributed by atoms with Crippen molar-refractivity contribution in [2.45, 2.75) is 52.9 Å². The number of carbonyl (C=O) groups is 2. The van der Waals surface area contributed by atoms with E-state index < -0.39 is 0 Å². The first-order chi connectivity index (χ1) is 13.7. The second kappa shape index (κ2) is 10.5. The van der Waals surface area contributed by atoms with Crippen LogP contribution in [0.1, 0.15) is 55.3 Å². The van der Waals surface area contributed by atoms with E-state index in [0.29, 0.717) is 29.2 Å². The van der Waals surface area contributed by atoms with Crippen molar-refractivity contribution >= 4 is 11.8 Å². The van der Waals surface area contributed by atoms with Crippen molar-refractivity contribution in [1.29, 1.82) is 0 Å². The average Bonchev–Trinajstić information content (AvgIpc) is 2.65. The Morgan fingerprint density at radius 3 is 1.76 bits per heavy atom. The van der Waals surface area contributed by atoms with Crippen molar-refractivity contribution in [3.05, 3.63) is 59.7 Å². The van der Waals surface area contributed by atoms with Gasteiger partial charge in [0, 0.05) is 23.7 Å². The molecule has 29 heavy (non-hydrogen) atoms. The van der Waals surface area contributed by atoms with E-state index in [2.05, 4.69) is 10.6 Å². The number of benzene rings is 2. The third-order valence-electron chi connectivity index (χ3n) is 3.88. The predicted octanol–water partition coefficient (Wildman–Crippen LogP) is 3.81. The van der Waals surface area contributed by atoms with Gasteiger partial charge in [0.2, 0.25) is 0 Å². The van der Waals surface area contributed by atoms with Gasteiger partial charge in [-0.3, -0.25) is 9.59 Å². The molecule has 0 bridgehead atoms. The summed E-state index contributed by atoms with van der Waals surface area (Å²) in [6, 6.07) is 13.8. The lowest BCUT2D eigenvalue weighted by atomic mass is 10.1. The first kappa shape index (κ1) is 22.3. The molecule has 0 aliphatic heterocycles. The summed E-state index contributed by atoms with van der Waals surface area (Å²) in [6.45, 7) is 9.88. The molecule has 0 aliphatic carbocycles. The van der Waals surface area contributed by atoms with Gasteiger partial charge in [0.15, 0.2) is 0 Å². The lowest BCUT2D eigenvalue weighted by Crippen LogP contribution is -2.41. The molecule has 2 rings (SSSR count). The highest BCUT2D eigenvalue weighted by atomic mass is 16.5. The zero-order valence-corrected chi connectivity index (χ0v) is 17.7. The van der Waals surface area contributed by atoms with Crippen molar-refractivity contribution < 1.29 is 19.1 Å². The lowest BCUT2D eigenvalue weighted by molar-refractivity contribution is 0.0911. The summed E-state index contributed by atoms with van der Waals surface area (Å²) < 4.78 is 11.2. The zero-order valence-electron chi connectivity index (χ0n) is 17.7. The Hall–Kier alpha value is -3.02. The standard InChI is InChI=1S/C23H30N2O4/c1-15(2)28-20-10-6-8-18(12-20)22(26)24-14-17(5)25-23(27)19-9-7-11-21(13-19)29-16(3)4/h6-13,15-17H,14H2,1-5H3,(H,24,26)(H,25,27). The molecule has 0 heterocycles. The van der Waals surface area contributed by atoms with Gasteiger partial charge in [-0.1, -0.05) is 12.1 Å². The fourth-order valence-electron chi connectivity index (χ4n) is 2.67. The summed E-state index contributed by atoms with van der Waals surface area (Å²) in [5, 5.41) is 5.73. The molecule has 0 aliphatic rings. The fourth-order valence-corrected chi connectivity index (χ4v) is 2.67. The average molecular weight is 399 g/mol. The van der Waals surface area contributed by atoms with Crippen LogP contribution in [0.2, 0.25) is 0 Å². The van der Waals surface area contributed by atoms with E-state index in [1.807, 2.05) is 46.8 Å². The summed E-state index contributed by atoms with van der Waals surface area (Å²) in [5.41, 5.74) is 1.03. The molecule has 2 aromatic rings. The molecule has 2 aromatic carbocycles. The number of carbonyl (C=O) groups excluding carboxylic acids is 2. The van der Waals surface area contributed by atoms with Gasteiger partial charge in [-0.25, -0.2) is 0 Å². The fraction of sp³-hybridized carbons (Fsp3) is 0.391. The molecule has 0 radical (unpaired) electrons. The van der Waals surface area contributed by atoms with Crippen LogP contribution in [-0.4, -0.2) is 36.6 Å². The highest BCUT2D eigenvalue weighted by molar-refractivity contribution is 5.95. The van der Waals surface area contributed by atoms with Crippen molar-refractivity contribution in [3.63, 3.8) is 0 Å². The predicted molar refractivity (Wildman–Crippen MR) is 114 cm³/mol. The molecule has 2 amide bonds. The lowest BCUT2D eigenvalue weighted by Gasteiger charge is -2.16. The Labute approximate surface area is 172 Å². The number of nitrogens with one attached hydrogen (secondary N) is 2. The molecule has 0 saturated carbocycles. The number of hydrogen-bond acceptors (Lipinski definition) is 4. The SMILES string of the molecule is CC(CNC(=O)c1cccc(OC(C)C)c1)NC(=O)c1cccc(OC(C)C)c1. The Bertz CT molecular complexity index is 833. The monoisotopic (exact) mass is 398 g/mol. The van der Waals surface area contributed by atoms with Crippen LogP contribution in [0.15, 0.2) is 48.5 Å². The van der Waals surface area contributed by atoms with Crippen molar-refractivity contribution in [1.82, 2.24) is 10.6 Å². The normalized spacial score (nSPS) is 11.8. The van der Waals surface area contributed by atoms with Gasteiger partial charge in [-0.15, -0.1) is 0 Å². The van der Waals surface area contributed by atoms with Crippen LogP contribution in [-0.2, 0) is 0 Å². The Morgan fingerprint density at radius 2 is 1.28 bits per heavy atom. The Balaban J connectivity index is 1.88. The maximum Gasteiger partial charge on any atom is 0.251 e. The van der Waals surface area contributed by atoms with E-state index in [9.17, 15) is 9.59 Å². The van der Waals surface area contributed by atoms with Gasteiger partial charge in [-0.2, -0.15) is 0 Å². The van der Waals surface area contributed by atoms with Crippen LogP contribution in [0.4, 0.5) is 0 Å². The van der Waals surface area contributed by atoms with Gasteiger partial charge < -0.3 is 20.1 Å². The number of rotatable bonds is 9. The maximum atomic E-state index is 12.5. The van der Waals surface area contributed by atoms with E-state index in [4.69, 9.17) is 9.47 Å². The van der Waals surface area contributed by atoms with Crippen molar-refractivity contribution in [3.8, 4) is 11.5 Å². The van der Waals surface area contributed by atoms with Gasteiger partial charge >= 0.3 is 0 Å². The Morgan fingerprint density at radius 1 is 0.793 bits per heavy atom. The molecule has 0 saturated heterocycles. The quantitative estimate of drug-likeness (QED) is 0.673. The molecule has 0 spiro atoms. The molecule has 2 N–H and O–H groups in total. The largest absolute Gasteiger partial charge is 0.491 e. The first-order valence-electron chi connectivity index (χ1n) is 9.87. The van der Waals surface area contributed by atoms with E-state index >= 15 is 0 Å². The molecular formula is C23H30N2O4. The number of hydrogen-bond donors (Lipinski definition) is 2. The third kappa shape index (κ3) is 7.49. The summed E-state index contributed by atoms with van der Waals surface area (Å²) in [7, 11) is 0. The van der Waals surface area contributed by atoms with Crippen LogP contribution < -0.4 is 20.1 Å². The highest BCUT2D eigenvalue weighted by Gasteiger charge is 2.13. The molecule has 1 atom stereocenters. The van der Waals surface area contributed by atoms with Crippen LogP contribution in [0.3, 0.4) is 0 Å². The summed E-state index contributed by atoms with van der Waals surface area (Å²) >= 11 is 0. The summed E-state index contributed by atoms with van der Waals surface area (Å²) in [6.07, 6.45) is 0.0693. The summed E-state index contributed by atoms with van der Waals surface area (Å²) in [5.74, 6) is 0.871. The molecule has 156 valence electrons. The van der Waals surface area contributed by atoms with E-state index in [1.165, 1.54) is 0 Å². The van der Waals surface area contributed by atoms with Crippen LogP contribution >= 0.6 is 0 Å². The highest BCUT2D eigenvalue weighted by Crippen LogP contribution is 2.16. The van der Waals surface area contributed by atoms with Gasteiger partial charge in [0.1, 0.15) is 11.5 Å². The minimum absolute atomic E-state index is 0.0342. The number of amides is 2. The van der Waals surface area contributed by atoms with Crippen LogP contribution in [0, 0.1) is 0 Å². The molecule has 6 nitrogen and oxygen atoms in total. The van der Waals surface area contributed by atoms with E-state index in [1.54, 1.807) is 36.4 Å². The second-order valence-electron chi connectivity index (χ2n) is 7.47. The first-order valence-corrected chi connectivity index (χ1v) is 9.87. The summed E-state index contributed by atoms with van der Waals surface area (Å²) in [4.78, 5) is 24.9. The van der Waals surface area contributed by atoms with E-state index in [-0.39, 0.29) is 30.1 Å². The van der Waals surface area contributed by atoms with Crippen LogP contribution in [0.5, 0.6) is 11.5 Å². The van der Waals surface area contributed by atoms with Crippen molar-refractivity contribution in [2.75, 3.05) is 6.54 Å². The van der Waals surface area contributed by atoms with Gasteiger partial charge in [-0.05, 0) is 71.0 Å². The molecule has 6 heteroatoms. The molecule has 1 unspecified atom stereocenters. The molecular weight excluding hydrogens is 368 g/mol.